The van der Waals surface area contributed by atoms with Crippen molar-refractivity contribution in [2.24, 2.45) is 5.41 Å². The predicted octanol–water partition coefficient (Wildman–Crippen LogP) is 4.34. The standard InChI is InChI=1S/C28H30F2N8/c1-27(2)7-6-23-34-25-19(29)8-18(9-21(25)38(23)27)24-20(30)11-32-26(35-24)33-22-5-4-17(10-31-22)12-37-15-28(16-37)13-36(3)14-28/h4-5,8-11H,6-7,12-16H2,1-3H3,(H,31,32,33,35). The van der Waals surface area contributed by atoms with Gasteiger partial charge in [0.15, 0.2) is 11.6 Å². The van der Waals surface area contributed by atoms with Crippen LogP contribution in [-0.4, -0.2) is 67.5 Å². The van der Waals surface area contributed by atoms with Crippen molar-refractivity contribution >= 4 is 22.8 Å². The molecule has 10 heteroatoms. The zero-order chi connectivity index (χ0) is 26.2. The quantitative estimate of drug-likeness (QED) is 0.423. The highest BCUT2D eigenvalue weighted by Gasteiger charge is 2.49. The normalized spacial score (nSPS) is 19.9. The van der Waals surface area contributed by atoms with Gasteiger partial charge in [-0.15, -0.1) is 0 Å². The number of aryl methyl sites for hydroxylation is 1. The Morgan fingerprint density at radius 3 is 2.53 bits per heavy atom. The molecule has 6 heterocycles. The summed E-state index contributed by atoms with van der Waals surface area (Å²) < 4.78 is 32.0. The number of hydrogen-bond acceptors (Lipinski definition) is 7. The number of likely N-dealkylation sites (tertiary alicyclic amines) is 2. The number of benzene rings is 1. The third-order valence-corrected chi connectivity index (χ3v) is 8.17. The van der Waals surface area contributed by atoms with Crippen LogP contribution in [0.2, 0.25) is 0 Å². The largest absolute Gasteiger partial charge is 0.322 e. The highest BCUT2D eigenvalue weighted by atomic mass is 19.1. The molecule has 3 aromatic heterocycles. The van der Waals surface area contributed by atoms with Gasteiger partial charge in [-0.3, -0.25) is 4.90 Å². The first-order valence-electron chi connectivity index (χ1n) is 13.1. The second-order valence-corrected chi connectivity index (χ2v) is 11.9. The zero-order valence-electron chi connectivity index (χ0n) is 21.8. The summed E-state index contributed by atoms with van der Waals surface area (Å²) in [5.41, 5.74) is 2.79. The molecule has 0 unspecified atom stereocenters. The van der Waals surface area contributed by atoms with Crippen molar-refractivity contribution < 1.29 is 8.78 Å². The molecular formula is C28H30F2N8. The molecule has 8 nitrogen and oxygen atoms in total. The van der Waals surface area contributed by atoms with Gasteiger partial charge in [0.1, 0.15) is 22.9 Å². The topological polar surface area (TPSA) is 75.0 Å². The molecule has 196 valence electrons. The first kappa shape index (κ1) is 23.6. The monoisotopic (exact) mass is 516 g/mol. The van der Waals surface area contributed by atoms with Gasteiger partial charge in [0.25, 0.3) is 0 Å². The van der Waals surface area contributed by atoms with Gasteiger partial charge in [-0.25, -0.2) is 28.7 Å². The van der Waals surface area contributed by atoms with Crippen molar-refractivity contribution in [2.75, 3.05) is 38.5 Å². The minimum atomic E-state index is -0.622. The van der Waals surface area contributed by atoms with Crippen molar-refractivity contribution in [2.45, 2.75) is 38.8 Å². The van der Waals surface area contributed by atoms with Crippen LogP contribution >= 0.6 is 0 Å². The summed E-state index contributed by atoms with van der Waals surface area (Å²) in [5.74, 6) is 0.495. The summed E-state index contributed by atoms with van der Waals surface area (Å²) in [6.45, 7) is 9.73. The summed E-state index contributed by atoms with van der Waals surface area (Å²) in [5, 5.41) is 3.06. The number of rotatable bonds is 5. The molecule has 0 radical (unpaired) electrons. The number of pyridine rings is 1. The van der Waals surface area contributed by atoms with E-state index >= 15 is 4.39 Å². The van der Waals surface area contributed by atoms with Crippen LogP contribution in [0, 0.1) is 17.0 Å². The maximum Gasteiger partial charge on any atom is 0.229 e. The van der Waals surface area contributed by atoms with Crippen molar-refractivity contribution in [3.05, 3.63) is 59.7 Å². The second-order valence-electron chi connectivity index (χ2n) is 11.9. The molecule has 1 aromatic carbocycles. The van der Waals surface area contributed by atoms with Crippen LogP contribution < -0.4 is 5.32 Å². The van der Waals surface area contributed by atoms with Gasteiger partial charge >= 0.3 is 0 Å². The molecule has 0 bridgehead atoms. The average Bonchev–Trinajstić information content (AvgIpc) is 3.37. The summed E-state index contributed by atoms with van der Waals surface area (Å²) in [7, 11) is 2.17. The average molecular weight is 517 g/mol. The fourth-order valence-electron chi connectivity index (χ4n) is 6.60. The van der Waals surface area contributed by atoms with E-state index in [-0.39, 0.29) is 17.2 Å². The molecule has 7 rings (SSSR count). The minimum absolute atomic E-state index is 0.0274. The van der Waals surface area contributed by atoms with Crippen molar-refractivity contribution in [3.8, 4) is 11.3 Å². The molecule has 1 N–H and O–H groups in total. The molecule has 0 saturated carbocycles. The molecule has 2 saturated heterocycles. The van der Waals surface area contributed by atoms with E-state index in [2.05, 4.69) is 60.5 Å². The molecule has 38 heavy (non-hydrogen) atoms. The van der Waals surface area contributed by atoms with Crippen LogP contribution in [0.25, 0.3) is 22.3 Å². The second kappa shape index (κ2) is 8.25. The number of nitrogens with one attached hydrogen (secondary N) is 1. The van der Waals surface area contributed by atoms with Gasteiger partial charge in [-0.05, 0) is 51.1 Å². The van der Waals surface area contributed by atoms with Crippen molar-refractivity contribution in [1.29, 1.82) is 0 Å². The maximum atomic E-state index is 15.1. The molecule has 0 aliphatic carbocycles. The molecule has 0 atom stereocenters. The van der Waals surface area contributed by atoms with E-state index < -0.39 is 11.6 Å². The molecule has 2 fully saturated rings. The number of aromatic nitrogens is 5. The van der Waals surface area contributed by atoms with Crippen LogP contribution in [0.1, 0.15) is 31.7 Å². The van der Waals surface area contributed by atoms with Crippen molar-refractivity contribution in [3.63, 3.8) is 0 Å². The zero-order valence-corrected chi connectivity index (χ0v) is 21.8. The molecule has 1 spiro atoms. The molecule has 0 amide bonds. The SMILES string of the molecule is CN1CC2(C1)CN(Cc1ccc(Nc3ncc(F)c(-c4cc(F)c5nc6n(c5c4)C(C)(C)CC6)n3)nc1)C2. The lowest BCUT2D eigenvalue weighted by molar-refractivity contribution is -0.108. The Kier molecular flexibility index (Phi) is 5.12. The molecule has 3 aliphatic rings. The molecule has 3 aliphatic heterocycles. The summed E-state index contributed by atoms with van der Waals surface area (Å²) in [6, 6.07) is 6.97. The number of hydrogen-bond donors (Lipinski definition) is 1. The van der Waals surface area contributed by atoms with Gasteiger partial charge < -0.3 is 14.8 Å². The fraction of sp³-hybridized carbons (Fsp3) is 0.429. The third-order valence-electron chi connectivity index (χ3n) is 8.17. The lowest BCUT2D eigenvalue weighted by Crippen LogP contribution is -2.70. The molecule has 4 aromatic rings. The first-order chi connectivity index (χ1) is 18.2. The smallest absolute Gasteiger partial charge is 0.229 e. The van der Waals surface area contributed by atoms with Crippen LogP contribution in [0.4, 0.5) is 20.5 Å². The Balaban J connectivity index is 1.10. The van der Waals surface area contributed by atoms with Crippen LogP contribution in [0.3, 0.4) is 0 Å². The van der Waals surface area contributed by atoms with Gasteiger partial charge in [0, 0.05) is 61.9 Å². The van der Waals surface area contributed by atoms with E-state index in [1.54, 1.807) is 6.07 Å². The Morgan fingerprint density at radius 1 is 0.974 bits per heavy atom. The van der Waals surface area contributed by atoms with E-state index in [0.717, 1.165) is 50.1 Å². The Bertz CT molecular complexity index is 1550. The number of anilines is 2. The van der Waals surface area contributed by atoms with Crippen LogP contribution in [-0.2, 0) is 18.5 Å². The Hall–Kier alpha value is -3.50. The highest BCUT2D eigenvalue weighted by Crippen LogP contribution is 2.40. The first-order valence-corrected chi connectivity index (χ1v) is 13.1. The number of imidazole rings is 1. The summed E-state index contributed by atoms with van der Waals surface area (Å²) in [6.07, 6.45) is 4.66. The Labute approximate surface area is 219 Å². The van der Waals surface area contributed by atoms with Gasteiger partial charge in [0.05, 0.1) is 11.7 Å². The number of fused-ring (bicyclic) bond motifs is 3. The van der Waals surface area contributed by atoms with E-state index in [1.165, 1.54) is 19.2 Å². The number of nitrogens with zero attached hydrogens (tertiary/aromatic N) is 7. The summed E-state index contributed by atoms with van der Waals surface area (Å²) >= 11 is 0. The number of halogens is 2. The lowest BCUT2D eigenvalue weighted by Gasteiger charge is -2.59. The maximum absolute atomic E-state index is 15.1. The Morgan fingerprint density at radius 2 is 1.79 bits per heavy atom. The van der Waals surface area contributed by atoms with Crippen LogP contribution in [0.15, 0.2) is 36.7 Å². The van der Waals surface area contributed by atoms with E-state index in [0.29, 0.717) is 27.8 Å². The fourth-order valence-corrected chi connectivity index (χ4v) is 6.60. The third kappa shape index (κ3) is 3.85. The van der Waals surface area contributed by atoms with Gasteiger partial charge in [0.2, 0.25) is 5.95 Å². The van der Waals surface area contributed by atoms with E-state index in [4.69, 9.17) is 0 Å². The van der Waals surface area contributed by atoms with Crippen LogP contribution in [0.5, 0.6) is 0 Å². The molecular weight excluding hydrogens is 486 g/mol. The summed E-state index contributed by atoms with van der Waals surface area (Å²) in [4.78, 5) is 22.3. The van der Waals surface area contributed by atoms with E-state index in [9.17, 15) is 4.39 Å². The highest BCUT2D eigenvalue weighted by molar-refractivity contribution is 5.83. The minimum Gasteiger partial charge on any atom is -0.322 e. The van der Waals surface area contributed by atoms with Gasteiger partial charge in [-0.2, -0.15) is 0 Å². The van der Waals surface area contributed by atoms with Gasteiger partial charge in [-0.1, -0.05) is 6.07 Å². The van der Waals surface area contributed by atoms with Crippen molar-refractivity contribution in [1.82, 2.24) is 34.3 Å². The predicted molar refractivity (Wildman–Crippen MR) is 141 cm³/mol. The van der Waals surface area contributed by atoms with E-state index in [1.807, 2.05) is 18.3 Å². The lowest BCUT2D eigenvalue weighted by atomic mass is 9.73.